The van der Waals surface area contributed by atoms with E-state index in [1.165, 1.54) is 36.0 Å². The number of rotatable bonds is 7. The number of hydrogen-bond acceptors (Lipinski definition) is 9. The van der Waals surface area contributed by atoms with Crippen LogP contribution in [0.4, 0.5) is 17.1 Å². The van der Waals surface area contributed by atoms with Crippen LogP contribution >= 0.6 is 23.2 Å². The van der Waals surface area contributed by atoms with Gasteiger partial charge in [0.1, 0.15) is 16.3 Å². The minimum Gasteiger partial charge on any atom is -0.396 e. The third-order valence-electron chi connectivity index (χ3n) is 7.21. The molecule has 0 radical (unpaired) electrons. The Morgan fingerprint density at radius 3 is 1.75 bits per heavy atom. The van der Waals surface area contributed by atoms with Gasteiger partial charge >= 0.3 is 0 Å². The highest BCUT2D eigenvalue weighted by Crippen LogP contribution is 2.33. The van der Waals surface area contributed by atoms with Crippen molar-refractivity contribution in [1.29, 1.82) is 0 Å². The summed E-state index contributed by atoms with van der Waals surface area (Å²) in [6.45, 7) is 3.41. The van der Waals surface area contributed by atoms with Gasteiger partial charge in [-0.15, -0.1) is 0 Å². The quantitative estimate of drug-likeness (QED) is 0.113. The Morgan fingerprint density at radius 2 is 1.24 bits per heavy atom. The molecule has 0 saturated carbocycles. The van der Waals surface area contributed by atoms with Crippen LogP contribution in [0.3, 0.4) is 0 Å². The van der Waals surface area contributed by atoms with Gasteiger partial charge < -0.3 is 16.8 Å². The molecule has 0 atom stereocenters. The van der Waals surface area contributed by atoms with Crippen LogP contribution in [-0.4, -0.2) is 51.4 Å². The van der Waals surface area contributed by atoms with Gasteiger partial charge in [0.2, 0.25) is 5.91 Å². The van der Waals surface area contributed by atoms with Gasteiger partial charge in [-0.3, -0.25) is 13.9 Å². The van der Waals surface area contributed by atoms with E-state index >= 15 is 0 Å². The van der Waals surface area contributed by atoms with Crippen LogP contribution in [0, 0.1) is 6.92 Å². The minimum absolute atomic E-state index is 0.00656. The fourth-order valence-corrected chi connectivity index (χ4v) is 6.58. The molecule has 2 heterocycles. The van der Waals surface area contributed by atoms with Gasteiger partial charge in [0.15, 0.2) is 0 Å². The van der Waals surface area contributed by atoms with Gasteiger partial charge in [-0.05, 0) is 55.5 Å². The van der Waals surface area contributed by atoms with E-state index in [1.54, 1.807) is 47.3 Å². The van der Waals surface area contributed by atoms with E-state index < -0.39 is 25.1 Å². The number of carbonyl (C=O) groups is 1. The van der Waals surface area contributed by atoms with Gasteiger partial charge in [-0.25, -0.2) is 9.36 Å². The number of nitrogen functional groups attached to an aromatic ring is 2. The molecule has 7 N–H and O–H groups in total. The molecule has 6 rings (SSSR count). The summed E-state index contributed by atoms with van der Waals surface area (Å²) in [7, 11) is -8.72. The molecule has 1 amide bonds. The van der Waals surface area contributed by atoms with Crippen LogP contribution < -0.4 is 16.8 Å². The molecule has 18 heteroatoms. The topological polar surface area (TPSA) is 226 Å². The van der Waals surface area contributed by atoms with Gasteiger partial charge in [0, 0.05) is 23.7 Å². The van der Waals surface area contributed by atoms with Crippen molar-refractivity contribution in [3.8, 4) is 33.9 Å². The number of aryl methyl sites for hydroxylation is 1. The SMILES string of the molecule is CC(=O)Nc1ccc(-c2nn(-c3cc(Cl)c(S(=O)(=O)O)cc3Cl)cc2N)cc1.Cc1ccc(-c2nn(-c3ccc(S(=O)(=O)O)cc3)cc2N)cc1. The van der Waals surface area contributed by atoms with E-state index in [1.807, 2.05) is 31.2 Å². The van der Waals surface area contributed by atoms with Gasteiger partial charge in [-0.2, -0.15) is 27.0 Å². The maximum atomic E-state index is 11.3. The van der Waals surface area contributed by atoms with Crippen molar-refractivity contribution in [2.75, 3.05) is 16.8 Å². The van der Waals surface area contributed by atoms with Crippen molar-refractivity contribution < 1.29 is 30.7 Å². The third-order valence-corrected chi connectivity index (χ3v) is 9.70. The summed E-state index contributed by atoms with van der Waals surface area (Å²) in [5.74, 6) is -0.184. The first-order chi connectivity index (χ1) is 23.9. The van der Waals surface area contributed by atoms with Crippen LogP contribution in [0.15, 0.2) is 107 Å². The number of nitrogens with two attached hydrogens (primary N) is 2. The summed E-state index contributed by atoms with van der Waals surface area (Å²) < 4.78 is 65.9. The number of aromatic nitrogens is 4. The second kappa shape index (κ2) is 14.6. The summed E-state index contributed by atoms with van der Waals surface area (Å²) in [5, 5.41) is 11.3. The summed E-state index contributed by atoms with van der Waals surface area (Å²) >= 11 is 12.1. The average Bonchev–Trinajstić information content (AvgIpc) is 3.64. The number of carbonyl (C=O) groups excluding carboxylic acids is 1. The molecule has 0 aliphatic heterocycles. The lowest BCUT2D eigenvalue weighted by Crippen LogP contribution is -2.05. The van der Waals surface area contributed by atoms with E-state index in [4.69, 9.17) is 39.2 Å². The molecule has 0 spiro atoms. The first-order valence-electron chi connectivity index (χ1n) is 14.6. The van der Waals surface area contributed by atoms with Crippen LogP contribution in [-0.2, 0) is 25.0 Å². The molecule has 0 unspecified atom stereocenters. The Labute approximate surface area is 302 Å². The molecule has 14 nitrogen and oxygen atoms in total. The Morgan fingerprint density at radius 1 is 0.725 bits per heavy atom. The molecular formula is C33H29Cl2N7O7S2. The number of nitrogens with one attached hydrogen (secondary N) is 1. The molecular weight excluding hydrogens is 741 g/mol. The van der Waals surface area contributed by atoms with Gasteiger partial charge in [0.25, 0.3) is 20.2 Å². The van der Waals surface area contributed by atoms with Crippen molar-refractivity contribution in [3.05, 3.63) is 113 Å². The zero-order valence-corrected chi connectivity index (χ0v) is 29.8. The predicted molar refractivity (Wildman–Crippen MR) is 196 cm³/mol. The molecule has 6 aromatic rings. The number of amides is 1. The highest BCUT2D eigenvalue weighted by molar-refractivity contribution is 7.86. The standard InChI is InChI=1S/C17H14Cl2N4O4S.C16H15N3O3S/c1-9(24)21-11-4-2-10(3-5-11)17-14(20)8-23(22-17)15-6-13(19)16(7-12(15)18)28(25,26)27;1-11-2-4-12(5-3-11)16-15(17)10-19(18-16)13-6-8-14(9-7-13)23(20,21)22/h2-8H,20H2,1H3,(H,21,24)(H,25,26,27);2-10H,17H2,1H3,(H,20,21,22). The Hall–Kier alpha value is -5.23. The molecule has 0 aliphatic rings. The summed E-state index contributed by atoms with van der Waals surface area (Å²) in [6, 6.07) is 22.8. The van der Waals surface area contributed by atoms with E-state index in [0.29, 0.717) is 39.7 Å². The van der Waals surface area contributed by atoms with Crippen LogP contribution in [0.2, 0.25) is 10.0 Å². The van der Waals surface area contributed by atoms with E-state index in [0.717, 1.165) is 17.2 Å². The number of benzene rings is 4. The highest BCUT2D eigenvalue weighted by atomic mass is 35.5. The maximum Gasteiger partial charge on any atom is 0.296 e. The lowest BCUT2D eigenvalue weighted by atomic mass is 10.1. The number of nitrogens with zero attached hydrogens (tertiary/aromatic N) is 4. The molecule has 2 aromatic heterocycles. The molecule has 0 bridgehead atoms. The predicted octanol–water partition coefficient (Wildman–Crippen LogP) is 6.31. The largest absolute Gasteiger partial charge is 0.396 e. The summed E-state index contributed by atoms with van der Waals surface area (Å²) in [4.78, 5) is 10.4. The molecule has 0 aliphatic carbocycles. The van der Waals surface area contributed by atoms with Crippen molar-refractivity contribution in [2.24, 2.45) is 0 Å². The van der Waals surface area contributed by atoms with Crippen LogP contribution in [0.25, 0.3) is 33.9 Å². The molecule has 264 valence electrons. The molecule has 0 saturated heterocycles. The summed E-state index contributed by atoms with van der Waals surface area (Å²) in [5.41, 5.74) is 18.4. The minimum atomic E-state index is -4.51. The zero-order chi connectivity index (χ0) is 37.2. The number of hydrogen-bond donors (Lipinski definition) is 5. The van der Waals surface area contributed by atoms with Gasteiger partial charge in [-0.1, -0.05) is 65.2 Å². The third kappa shape index (κ3) is 8.75. The second-order valence-corrected chi connectivity index (χ2v) is 14.7. The number of anilines is 3. The fraction of sp³-hybridized carbons (Fsp3) is 0.0606. The first kappa shape index (κ1) is 37.0. The van der Waals surface area contributed by atoms with E-state index in [2.05, 4.69) is 15.5 Å². The van der Waals surface area contributed by atoms with Gasteiger partial charge in [0.05, 0.1) is 50.1 Å². The van der Waals surface area contributed by atoms with Crippen molar-refractivity contribution in [3.63, 3.8) is 0 Å². The molecule has 51 heavy (non-hydrogen) atoms. The monoisotopic (exact) mass is 769 g/mol. The lowest BCUT2D eigenvalue weighted by molar-refractivity contribution is -0.114. The van der Waals surface area contributed by atoms with E-state index in [9.17, 15) is 26.2 Å². The normalized spacial score (nSPS) is 11.5. The Kier molecular flexibility index (Phi) is 10.6. The van der Waals surface area contributed by atoms with E-state index in [-0.39, 0.29) is 26.5 Å². The molecule has 4 aromatic carbocycles. The van der Waals surface area contributed by atoms with Crippen molar-refractivity contribution >= 4 is 66.4 Å². The lowest BCUT2D eigenvalue weighted by Gasteiger charge is -2.08. The number of halogens is 2. The smallest absolute Gasteiger partial charge is 0.296 e. The summed E-state index contributed by atoms with van der Waals surface area (Å²) in [6.07, 6.45) is 3.17. The molecule has 0 fully saturated rings. The second-order valence-electron chi connectivity index (χ2n) is 11.1. The first-order valence-corrected chi connectivity index (χ1v) is 18.2. The highest BCUT2D eigenvalue weighted by Gasteiger charge is 2.20. The van der Waals surface area contributed by atoms with Crippen LogP contribution in [0.1, 0.15) is 12.5 Å². The Bertz CT molecular complexity index is 2470. The average molecular weight is 771 g/mol. The van der Waals surface area contributed by atoms with Crippen LogP contribution in [0.5, 0.6) is 0 Å². The zero-order valence-electron chi connectivity index (χ0n) is 26.7. The fourth-order valence-electron chi connectivity index (χ4n) is 4.77. The van der Waals surface area contributed by atoms with Crippen molar-refractivity contribution in [2.45, 2.75) is 23.6 Å². The van der Waals surface area contributed by atoms with Crippen molar-refractivity contribution in [1.82, 2.24) is 19.6 Å². The maximum absolute atomic E-state index is 11.3. The Balaban J connectivity index is 0.000000201.